The molecule has 6 nitrogen and oxygen atoms in total. The summed E-state index contributed by atoms with van der Waals surface area (Å²) in [5, 5.41) is 0. The number of halogens is 1. The zero-order valence-corrected chi connectivity index (χ0v) is 19.3. The molecule has 0 fully saturated rings. The molecule has 0 saturated carbocycles. The van der Waals surface area contributed by atoms with Crippen molar-refractivity contribution < 1.29 is 36.3 Å². The largest absolute Gasteiger partial charge is 1.00 e. The lowest BCUT2D eigenvalue weighted by Crippen LogP contribution is -3.00. The molecule has 33 heavy (non-hydrogen) atoms. The molecule has 8 heteroatoms. The molecule has 0 atom stereocenters. The number of quaternary nitrogens is 3. The highest BCUT2D eigenvalue weighted by molar-refractivity contribution is 7.47. The van der Waals surface area contributed by atoms with E-state index in [2.05, 4.69) is 17.2 Å². The van der Waals surface area contributed by atoms with Crippen molar-refractivity contribution in [1.29, 1.82) is 0 Å². The normalized spacial score (nSPS) is 9.36. The van der Waals surface area contributed by atoms with E-state index < -0.39 is 13.8 Å². The fourth-order valence-corrected chi connectivity index (χ4v) is 2.90. The van der Waals surface area contributed by atoms with Crippen LogP contribution in [-0.2, 0) is 10.7 Å². The Morgan fingerprint density at radius 3 is 0.939 bits per heavy atom. The number of rotatable bonds is 2. The molecule has 4 aromatic rings. The third kappa shape index (κ3) is 18.1. The van der Waals surface area contributed by atoms with Gasteiger partial charge in [0.15, 0.2) is 0 Å². The van der Waals surface area contributed by atoms with Gasteiger partial charge in [0.05, 0.1) is 0 Å². The summed E-state index contributed by atoms with van der Waals surface area (Å²) in [6.07, 6.45) is -0.395. The fourth-order valence-electron chi connectivity index (χ4n) is 2.24. The Morgan fingerprint density at radius 1 is 0.515 bits per heavy atom. The molecule has 9 N–H and O–H groups in total. The van der Waals surface area contributed by atoms with Gasteiger partial charge in [-0.2, -0.15) is 0 Å². The minimum absolute atomic E-state index is 0. The molecule has 0 radical (unpaired) electrons. The first-order valence-corrected chi connectivity index (χ1v) is 11.6. The maximum absolute atomic E-state index is 10.3. The highest BCUT2D eigenvalue weighted by atomic mass is 31.2. The van der Waals surface area contributed by atoms with Crippen molar-refractivity contribution >= 4 is 24.7 Å². The van der Waals surface area contributed by atoms with Crippen molar-refractivity contribution in [2.24, 2.45) is 0 Å². The van der Waals surface area contributed by atoms with Crippen molar-refractivity contribution in [2.75, 3.05) is 0 Å². The molecule has 0 amide bonds. The quantitative estimate of drug-likeness (QED) is 0.315. The summed E-state index contributed by atoms with van der Waals surface area (Å²) < 4.78 is 10.3. The number of benzene rings is 4. The van der Waals surface area contributed by atoms with Crippen molar-refractivity contribution in [2.45, 2.75) is 6.16 Å². The maximum atomic E-state index is 10.3. The SMILES string of the molecule is O=P([O-])([O-])Cc1ccccc1.[F-].[NH3+]c1ccccc1.[NH3+]c1ccccc1.[NH3+]c1ccccc1. The van der Waals surface area contributed by atoms with Crippen LogP contribution in [0.1, 0.15) is 5.56 Å². The highest BCUT2D eigenvalue weighted by Crippen LogP contribution is 2.28. The standard InChI is InChI=1S/C7H9O3P.3C6H7N.FH/c8-11(9,10)6-7-4-2-1-3-5-7;3*7-6-4-2-1-3-5-6;/h1-5H,6H2,(H2,8,9,10);3*1-5H,7H2;1H. The van der Waals surface area contributed by atoms with Gasteiger partial charge in [0.25, 0.3) is 0 Å². The summed E-state index contributed by atoms with van der Waals surface area (Å²) in [5.41, 5.74) is 14.9. The minimum Gasteiger partial charge on any atom is -1.00 e. The van der Waals surface area contributed by atoms with Gasteiger partial charge in [0.1, 0.15) is 17.1 Å². The van der Waals surface area contributed by atoms with E-state index in [1.54, 1.807) is 30.3 Å². The van der Waals surface area contributed by atoms with Gasteiger partial charge in [-0.25, -0.2) is 0 Å². The van der Waals surface area contributed by atoms with E-state index in [1.165, 1.54) is 0 Å². The summed E-state index contributed by atoms with van der Waals surface area (Å²) in [4.78, 5) is 20.5. The van der Waals surface area contributed by atoms with Crippen LogP contribution in [0.5, 0.6) is 0 Å². The first kappa shape index (κ1) is 29.8. The molecule has 0 aliphatic heterocycles. The van der Waals surface area contributed by atoms with Crippen LogP contribution in [0, 0.1) is 0 Å². The molecule has 0 aliphatic rings. The molecular formula is C25H31FN3O3P. The van der Waals surface area contributed by atoms with Crippen LogP contribution in [0.4, 0.5) is 17.1 Å². The Kier molecular flexibility index (Phi) is 15.7. The van der Waals surface area contributed by atoms with Gasteiger partial charge in [0, 0.05) is 6.16 Å². The fraction of sp³-hybridized carbons (Fsp3) is 0.0400. The molecule has 0 heterocycles. The Morgan fingerprint density at radius 2 is 0.758 bits per heavy atom. The summed E-state index contributed by atoms with van der Waals surface area (Å²) in [5.74, 6) is 0. The van der Waals surface area contributed by atoms with Crippen LogP contribution in [0.15, 0.2) is 121 Å². The van der Waals surface area contributed by atoms with E-state index in [0.29, 0.717) is 5.56 Å². The lowest BCUT2D eigenvalue weighted by molar-refractivity contribution is -0.314. The predicted octanol–water partition coefficient (Wildman–Crippen LogP) is -1.22. The first-order chi connectivity index (χ1) is 15.3. The smallest absolute Gasteiger partial charge is 0.127 e. The molecular weight excluding hydrogens is 440 g/mol. The Balaban J connectivity index is 0.000000418. The van der Waals surface area contributed by atoms with Crippen LogP contribution in [0.25, 0.3) is 0 Å². The topological polar surface area (TPSA) is 146 Å². The second-order valence-corrected chi connectivity index (χ2v) is 8.25. The summed E-state index contributed by atoms with van der Waals surface area (Å²) in [6, 6.07) is 38.0. The second kappa shape index (κ2) is 17.4. The zero-order valence-electron chi connectivity index (χ0n) is 18.4. The molecule has 0 saturated heterocycles. The van der Waals surface area contributed by atoms with Crippen molar-refractivity contribution in [3.8, 4) is 0 Å². The monoisotopic (exact) mass is 471 g/mol. The Hall–Kier alpha value is -3.16. The Bertz CT molecular complexity index is 931. The van der Waals surface area contributed by atoms with Crippen LogP contribution < -0.4 is 31.7 Å². The van der Waals surface area contributed by atoms with E-state index in [1.807, 2.05) is 91.0 Å². The summed E-state index contributed by atoms with van der Waals surface area (Å²) >= 11 is 0. The molecule has 4 rings (SSSR count). The van der Waals surface area contributed by atoms with Gasteiger partial charge in [-0.05, 0) is 42.0 Å². The number of hydrogen-bond acceptors (Lipinski definition) is 3. The third-order valence-electron chi connectivity index (χ3n) is 3.75. The van der Waals surface area contributed by atoms with E-state index in [-0.39, 0.29) is 4.70 Å². The number of hydrogen-bond donors (Lipinski definition) is 3. The minimum atomic E-state index is -4.39. The summed E-state index contributed by atoms with van der Waals surface area (Å²) in [6.45, 7) is 0. The average Bonchev–Trinajstić information content (AvgIpc) is 2.76. The second-order valence-electron chi connectivity index (χ2n) is 6.71. The highest BCUT2D eigenvalue weighted by Gasteiger charge is 1.93. The lowest BCUT2D eigenvalue weighted by atomic mass is 10.2. The van der Waals surface area contributed by atoms with Crippen LogP contribution in [-0.4, -0.2) is 0 Å². The van der Waals surface area contributed by atoms with Gasteiger partial charge in [-0.1, -0.05) is 92.5 Å². The molecule has 0 aliphatic carbocycles. The van der Waals surface area contributed by atoms with Crippen LogP contribution in [0.2, 0.25) is 0 Å². The molecule has 0 bridgehead atoms. The molecule has 4 aromatic carbocycles. The molecule has 0 aromatic heterocycles. The van der Waals surface area contributed by atoms with Gasteiger partial charge >= 0.3 is 0 Å². The first-order valence-electron chi connectivity index (χ1n) is 9.92. The average molecular weight is 472 g/mol. The molecule has 0 spiro atoms. The van der Waals surface area contributed by atoms with E-state index in [9.17, 15) is 14.4 Å². The van der Waals surface area contributed by atoms with Crippen molar-refractivity contribution in [3.05, 3.63) is 127 Å². The van der Waals surface area contributed by atoms with Gasteiger partial charge in [0.2, 0.25) is 0 Å². The lowest BCUT2D eigenvalue weighted by Gasteiger charge is -2.29. The van der Waals surface area contributed by atoms with Crippen molar-refractivity contribution in [3.63, 3.8) is 0 Å². The Labute approximate surface area is 194 Å². The predicted molar refractivity (Wildman–Crippen MR) is 125 cm³/mol. The summed E-state index contributed by atoms with van der Waals surface area (Å²) in [7, 11) is -4.39. The molecule has 0 unspecified atom stereocenters. The molecule has 176 valence electrons. The third-order valence-corrected chi connectivity index (χ3v) is 4.50. The maximum Gasteiger partial charge on any atom is 0.127 e. The van der Waals surface area contributed by atoms with E-state index >= 15 is 0 Å². The van der Waals surface area contributed by atoms with E-state index in [4.69, 9.17) is 0 Å². The van der Waals surface area contributed by atoms with E-state index in [0.717, 1.165) is 17.1 Å². The zero-order chi connectivity index (χ0) is 23.7. The van der Waals surface area contributed by atoms with Gasteiger partial charge < -0.3 is 36.3 Å². The van der Waals surface area contributed by atoms with Crippen LogP contribution >= 0.6 is 7.60 Å². The van der Waals surface area contributed by atoms with Crippen molar-refractivity contribution in [1.82, 2.24) is 0 Å². The van der Waals surface area contributed by atoms with Gasteiger partial charge in [-0.15, -0.1) is 0 Å². The van der Waals surface area contributed by atoms with Gasteiger partial charge in [-0.3, -0.25) is 0 Å². The van der Waals surface area contributed by atoms with Crippen LogP contribution in [0.3, 0.4) is 0 Å².